The molecule has 116 valence electrons. The first-order chi connectivity index (χ1) is 9.88. The van der Waals surface area contributed by atoms with Gasteiger partial charge in [-0.05, 0) is 5.41 Å². The lowest BCUT2D eigenvalue weighted by atomic mass is 9.88. The van der Waals surface area contributed by atoms with Crippen LogP contribution >= 0.6 is 0 Å². The zero-order valence-corrected chi connectivity index (χ0v) is 13.3. The van der Waals surface area contributed by atoms with Gasteiger partial charge in [0.25, 0.3) is 0 Å². The van der Waals surface area contributed by atoms with E-state index in [2.05, 4.69) is 36.1 Å². The van der Waals surface area contributed by atoms with Gasteiger partial charge in [-0.15, -0.1) is 0 Å². The summed E-state index contributed by atoms with van der Waals surface area (Å²) < 4.78 is 10.4. The zero-order valence-electron chi connectivity index (χ0n) is 13.3. The van der Waals surface area contributed by atoms with Crippen molar-refractivity contribution in [2.24, 2.45) is 5.41 Å². The van der Waals surface area contributed by atoms with E-state index >= 15 is 0 Å². The lowest BCUT2D eigenvalue weighted by Crippen LogP contribution is -2.31. The second-order valence-electron chi connectivity index (χ2n) is 6.26. The van der Waals surface area contributed by atoms with Gasteiger partial charge in [0.1, 0.15) is 6.10 Å². The average Bonchev–Trinajstić information content (AvgIpc) is 2.44. The maximum absolute atomic E-state index is 12.0. The quantitative estimate of drug-likeness (QED) is 0.854. The fraction of sp³-hybridized carbons (Fsp3) is 0.667. The van der Waals surface area contributed by atoms with E-state index in [9.17, 15) is 4.79 Å². The minimum atomic E-state index is -0.428. The standard InChI is InChI=1S/C15H23N3O3/c1-15(2,3)12(20-4)13-17-10-6-7-16-8-9(10)11(18-13)14(19)21-5/h12,16H,6-8H2,1-5H3. The number of fused-ring (bicyclic) bond motifs is 1. The third kappa shape index (κ3) is 3.22. The van der Waals surface area contributed by atoms with E-state index < -0.39 is 5.97 Å². The van der Waals surface area contributed by atoms with Crippen LogP contribution in [0.25, 0.3) is 0 Å². The lowest BCUT2D eigenvalue weighted by Gasteiger charge is -2.29. The van der Waals surface area contributed by atoms with Crippen LogP contribution in [0, 0.1) is 5.41 Å². The Balaban J connectivity index is 2.55. The highest BCUT2D eigenvalue weighted by Crippen LogP contribution is 2.34. The first kappa shape index (κ1) is 15.9. The summed E-state index contributed by atoms with van der Waals surface area (Å²) in [6.45, 7) is 7.61. The predicted molar refractivity (Wildman–Crippen MR) is 78.0 cm³/mol. The number of nitrogens with one attached hydrogen (secondary N) is 1. The molecule has 0 radical (unpaired) electrons. The number of carbonyl (C=O) groups is 1. The van der Waals surface area contributed by atoms with E-state index in [4.69, 9.17) is 9.47 Å². The molecular weight excluding hydrogens is 270 g/mol. The van der Waals surface area contributed by atoms with Crippen LogP contribution in [0.3, 0.4) is 0 Å². The zero-order chi connectivity index (χ0) is 15.6. The maximum atomic E-state index is 12.0. The molecule has 1 aromatic rings. The van der Waals surface area contributed by atoms with Gasteiger partial charge < -0.3 is 14.8 Å². The summed E-state index contributed by atoms with van der Waals surface area (Å²) in [6, 6.07) is 0. The topological polar surface area (TPSA) is 73.3 Å². The van der Waals surface area contributed by atoms with E-state index in [0.29, 0.717) is 18.1 Å². The molecule has 2 heterocycles. The summed E-state index contributed by atoms with van der Waals surface area (Å²) in [6.07, 6.45) is 0.496. The van der Waals surface area contributed by atoms with Crippen molar-refractivity contribution in [3.05, 3.63) is 22.8 Å². The maximum Gasteiger partial charge on any atom is 0.357 e. The van der Waals surface area contributed by atoms with Crippen LogP contribution < -0.4 is 5.32 Å². The third-order valence-electron chi connectivity index (χ3n) is 3.59. The lowest BCUT2D eigenvalue weighted by molar-refractivity contribution is 0.00808. The van der Waals surface area contributed by atoms with E-state index in [1.54, 1.807) is 7.11 Å². The number of nitrogens with zero attached hydrogens (tertiary/aromatic N) is 2. The normalized spacial score (nSPS) is 16.2. The molecule has 0 fully saturated rings. The van der Waals surface area contributed by atoms with Crippen molar-refractivity contribution in [2.45, 2.75) is 39.8 Å². The van der Waals surface area contributed by atoms with Crippen LogP contribution in [-0.4, -0.2) is 36.7 Å². The SMILES string of the molecule is COC(=O)c1nc(C(OC)C(C)(C)C)nc2c1CNCC2. The highest BCUT2D eigenvalue weighted by atomic mass is 16.5. The Morgan fingerprint density at radius 1 is 1.29 bits per heavy atom. The van der Waals surface area contributed by atoms with Crippen LogP contribution in [0.2, 0.25) is 0 Å². The summed E-state index contributed by atoms with van der Waals surface area (Å²) >= 11 is 0. The third-order valence-corrected chi connectivity index (χ3v) is 3.59. The summed E-state index contributed by atoms with van der Waals surface area (Å²) in [5.74, 6) is 0.119. The Morgan fingerprint density at radius 3 is 2.57 bits per heavy atom. The molecule has 6 nitrogen and oxygen atoms in total. The second kappa shape index (κ2) is 6.07. The number of hydrogen-bond donors (Lipinski definition) is 1. The number of esters is 1. The number of aromatic nitrogens is 2. The van der Waals surface area contributed by atoms with Gasteiger partial charge in [0, 0.05) is 32.2 Å². The van der Waals surface area contributed by atoms with Gasteiger partial charge in [-0.1, -0.05) is 20.8 Å². The fourth-order valence-corrected chi connectivity index (χ4v) is 2.59. The summed E-state index contributed by atoms with van der Waals surface area (Å²) in [7, 11) is 3.00. The molecule has 0 aliphatic carbocycles. The molecule has 0 saturated carbocycles. The Hall–Kier alpha value is -1.53. The number of hydrogen-bond acceptors (Lipinski definition) is 6. The summed E-state index contributed by atoms with van der Waals surface area (Å²) in [5.41, 5.74) is 1.92. The van der Waals surface area contributed by atoms with Gasteiger partial charge in [-0.25, -0.2) is 14.8 Å². The predicted octanol–water partition coefficient (Wildman–Crippen LogP) is 1.64. The Kier molecular flexibility index (Phi) is 4.58. The first-order valence-corrected chi connectivity index (χ1v) is 7.10. The van der Waals surface area contributed by atoms with Crippen molar-refractivity contribution in [2.75, 3.05) is 20.8 Å². The number of carbonyl (C=O) groups excluding carboxylic acids is 1. The van der Waals surface area contributed by atoms with Crippen molar-refractivity contribution in [1.82, 2.24) is 15.3 Å². The minimum absolute atomic E-state index is 0.163. The Bertz CT molecular complexity index is 538. The van der Waals surface area contributed by atoms with Crippen LogP contribution in [-0.2, 0) is 22.4 Å². The molecule has 0 saturated heterocycles. The molecule has 1 aliphatic heterocycles. The van der Waals surface area contributed by atoms with E-state index in [1.807, 2.05) is 0 Å². The molecule has 1 unspecified atom stereocenters. The molecule has 21 heavy (non-hydrogen) atoms. The van der Waals surface area contributed by atoms with Gasteiger partial charge in [0.15, 0.2) is 11.5 Å². The number of methoxy groups -OCH3 is 2. The number of rotatable bonds is 3. The Labute approximate surface area is 125 Å². The van der Waals surface area contributed by atoms with Crippen molar-refractivity contribution in [3.63, 3.8) is 0 Å². The van der Waals surface area contributed by atoms with Gasteiger partial charge in [-0.2, -0.15) is 0 Å². The molecular formula is C15H23N3O3. The highest BCUT2D eigenvalue weighted by Gasteiger charge is 2.32. The molecule has 1 aromatic heterocycles. The van der Waals surface area contributed by atoms with E-state index in [-0.39, 0.29) is 11.5 Å². The van der Waals surface area contributed by atoms with Crippen molar-refractivity contribution in [1.29, 1.82) is 0 Å². The van der Waals surface area contributed by atoms with Crippen molar-refractivity contribution in [3.8, 4) is 0 Å². The highest BCUT2D eigenvalue weighted by molar-refractivity contribution is 5.89. The Morgan fingerprint density at radius 2 is 2.00 bits per heavy atom. The van der Waals surface area contributed by atoms with E-state index in [0.717, 1.165) is 24.2 Å². The molecule has 0 bridgehead atoms. The van der Waals surface area contributed by atoms with Crippen molar-refractivity contribution < 1.29 is 14.3 Å². The van der Waals surface area contributed by atoms with Crippen molar-refractivity contribution >= 4 is 5.97 Å². The number of ether oxygens (including phenoxy) is 2. The van der Waals surface area contributed by atoms with Crippen LogP contribution in [0.5, 0.6) is 0 Å². The largest absolute Gasteiger partial charge is 0.464 e. The molecule has 6 heteroatoms. The molecule has 2 rings (SSSR count). The summed E-state index contributed by atoms with van der Waals surface area (Å²) in [5, 5.41) is 3.23. The molecule has 0 spiro atoms. The van der Waals surface area contributed by atoms with Gasteiger partial charge in [0.2, 0.25) is 0 Å². The molecule has 1 aliphatic rings. The van der Waals surface area contributed by atoms with Crippen LogP contribution in [0.15, 0.2) is 0 Å². The molecule has 0 amide bonds. The summed E-state index contributed by atoms with van der Waals surface area (Å²) in [4.78, 5) is 21.1. The first-order valence-electron chi connectivity index (χ1n) is 7.10. The fourth-order valence-electron chi connectivity index (χ4n) is 2.59. The van der Waals surface area contributed by atoms with Gasteiger partial charge in [0.05, 0.1) is 12.8 Å². The van der Waals surface area contributed by atoms with Crippen LogP contribution in [0.4, 0.5) is 0 Å². The average molecular weight is 293 g/mol. The monoisotopic (exact) mass is 293 g/mol. The molecule has 1 atom stereocenters. The minimum Gasteiger partial charge on any atom is -0.464 e. The smallest absolute Gasteiger partial charge is 0.357 e. The van der Waals surface area contributed by atoms with Gasteiger partial charge in [-0.3, -0.25) is 0 Å². The molecule has 0 aromatic carbocycles. The van der Waals surface area contributed by atoms with Gasteiger partial charge >= 0.3 is 5.97 Å². The van der Waals surface area contributed by atoms with Crippen LogP contribution in [0.1, 0.15) is 54.4 Å². The second-order valence-corrected chi connectivity index (χ2v) is 6.26. The molecule has 1 N–H and O–H groups in total. The van der Waals surface area contributed by atoms with E-state index in [1.165, 1.54) is 7.11 Å².